The summed E-state index contributed by atoms with van der Waals surface area (Å²) in [5, 5.41) is 13.9. The van der Waals surface area contributed by atoms with Gasteiger partial charge in [-0.25, -0.2) is 0 Å². The number of phenols is 1. The van der Waals surface area contributed by atoms with Gasteiger partial charge in [0.2, 0.25) is 0 Å². The summed E-state index contributed by atoms with van der Waals surface area (Å²) in [5.74, 6) is 1.50. The number of aryl methyl sites for hydroxylation is 2. The van der Waals surface area contributed by atoms with Gasteiger partial charge in [0.1, 0.15) is 28.4 Å². The van der Waals surface area contributed by atoms with Crippen LogP contribution in [0.1, 0.15) is 29.8 Å². The predicted octanol–water partition coefficient (Wildman–Crippen LogP) is 5.08. The number of H-pyrrole nitrogens is 1. The molecule has 3 aromatic heterocycles. The number of benzene rings is 2. The maximum Gasteiger partial charge on any atom is 0.182 e. The number of nitrogens with one attached hydrogen (secondary N) is 1. The van der Waals surface area contributed by atoms with Gasteiger partial charge in [-0.3, -0.25) is 9.78 Å². The van der Waals surface area contributed by atoms with Gasteiger partial charge in [0.15, 0.2) is 5.43 Å². The molecule has 160 valence electrons. The number of nitrogens with zero attached hydrogens (tertiary/aromatic N) is 1. The fraction of sp³-hybridized carbons (Fsp3) is 0.231. The predicted molar refractivity (Wildman–Crippen MR) is 124 cm³/mol. The van der Waals surface area contributed by atoms with Crippen LogP contribution in [0, 0.1) is 13.8 Å². The molecule has 32 heavy (non-hydrogen) atoms. The molecular weight excluding hydrogens is 404 g/mol. The Balaban J connectivity index is 1.48. The quantitative estimate of drug-likeness (QED) is 0.411. The van der Waals surface area contributed by atoms with Crippen molar-refractivity contribution in [2.45, 2.75) is 39.2 Å². The highest BCUT2D eigenvalue weighted by molar-refractivity contribution is 6.06. The lowest BCUT2D eigenvalue weighted by atomic mass is 9.88. The van der Waals surface area contributed by atoms with Crippen LogP contribution >= 0.6 is 0 Å². The third-order valence-electron chi connectivity index (χ3n) is 6.15. The number of phenolic OH excluding ortho intramolecular Hbond substituents is 1. The molecule has 0 radical (unpaired) electrons. The summed E-state index contributed by atoms with van der Waals surface area (Å²) in [6, 6.07) is 12.4. The molecule has 6 heteroatoms. The molecule has 2 N–H and O–H groups in total. The Kier molecular flexibility index (Phi) is 3.76. The second-order valence-electron chi connectivity index (χ2n) is 9.12. The molecule has 6 nitrogen and oxygen atoms in total. The molecule has 1 aliphatic heterocycles. The molecule has 0 bridgehead atoms. The lowest BCUT2D eigenvalue weighted by Gasteiger charge is -2.35. The minimum absolute atomic E-state index is 0.0822. The van der Waals surface area contributed by atoms with Gasteiger partial charge in [-0.15, -0.1) is 0 Å². The largest absolute Gasteiger partial charge is 0.508 e. The zero-order chi connectivity index (χ0) is 22.2. The van der Waals surface area contributed by atoms with Crippen LogP contribution in [0.25, 0.3) is 32.6 Å². The van der Waals surface area contributed by atoms with Crippen LogP contribution < -0.4 is 10.2 Å². The Morgan fingerprint density at radius 3 is 2.72 bits per heavy atom. The number of hydrogen-bond acceptors (Lipinski definition) is 5. The van der Waals surface area contributed by atoms with E-state index in [1.807, 2.05) is 39.0 Å². The summed E-state index contributed by atoms with van der Waals surface area (Å²) >= 11 is 0. The van der Waals surface area contributed by atoms with Crippen molar-refractivity contribution >= 4 is 32.6 Å². The van der Waals surface area contributed by atoms with Gasteiger partial charge in [-0.1, -0.05) is 0 Å². The van der Waals surface area contributed by atoms with Crippen molar-refractivity contribution in [2.24, 2.45) is 0 Å². The van der Waals surface area contributed by atoms with Crippen LogP contribution in [0.4, 0.5) is 0 Å². The monoisotopic (exact) mass is 426 g/mol. The van der Waals surface area contributed by atoms with Gasteiger partial charge in [-0.2, -0.15) is 0 Å². The number of aromatic hydroxyl groups is 1. The molecule has 2 aromatic carbocycles. The van der Waals surface area contributed by atoms with E-state index in [2.05, 4.69) is 4.98 Å². The van der Waals surface area contributed by atoms with Crippen LogP contribution in [0.3, 0.4) is 0 Å². The van der Waals surface area contributed by atoms with Crippen LogP contribution in [0.15, 0.2) is 51.7 Å². The molecule has 0 spiro atoms. The van der Waals surface area contributed by atoms with Crippen molar-refractivity contribution in [1.82, 2.24) is 9.97 Å². The highest BCUT2D eigenvalue weighted by Crippen LogP contribution is 2.41. The summed E-state index contributed by atoms with van der Waals surface area (Å²) in [4.78, 5) is 20.4. The minimum Gasteiger partial charge on any atom is -0.508 e. The van der Waals surface area contributed by atoms with E-state index in [0.717, 1.165) is 44.1 Å². The van der Waals surface area contributed by atoms with Gasteiger partial charge in [-0.05, 0) is 55.8 Å². The number of hydrogen-bond donors (Lipinski definition) is 2. The number of pyridine rings is 2. The van der Waals surface area contributed by atoms with E-state index in [4.69, 9.17) is 14.1 Å². The normalized spacial score (nSPS) is 17.8. The number of rotatable bonds is 2. The molecular formula is C26H22N2O4. The number of aromatic nitrogens is 2. The fourth-order valence-corrected chi connectivity index (χ4v) is 5.07. The molecule has 4 heterocycles. The van der Waals surface area contributed by atoms with Gasteiger partial charge in [0, 0.05) is 53.2 Å². The van der Waals surface area contributed by atoms with E-state index >= 15 is 0 Å². The van der Waals surface area contributed by atoms with E-state index in [-0.39, 0.29) is 11.2 Å². The van der Waals surface area contributed by atoms with Crippen molar-refractivity contribution in [3.8, 4) is 11.5 Å². The number of ether oxygens (including phenoxy) is 1. The Morgan fingerprint density at radius 1 is 1.06 bits per heavy atom. The van der Waals surface area contributed by atoms with E-state index in [1.54, 1.807) is 18.2 Å². The number of aromatic amines is 1. The molecule has 0 unspecified atom stereocenters. The third-order valence-corrected chi connectivity index (χ3v) is 6.15. The molecule has 6 rings (SSSR count). The Labute approximate surface area is 183 Å². The van der Waals surface area contributed by atoms with Crippen molar-refractivity contribution in [2.75, 3.05) is 0 Å². The first-order valence-electron chi connectivity index (χ1n) is 10.6. The van der Waals surface area contributed by atoms with E-state index in [9.17, 15) is 9.90 Å². The summed E-state index contributed by atoms with van der Waals surface area (Å²) in [6.45, 7) is 5.95. The highest BCUT2D eigenvalue weighted by atomic mass is 16.5. The summed E-state index contributed by atoms with van der Waals surface area (Å²) in [7, 11) is 0. The molecule has 0 saturated heterocycles. The van der Waals surface area contributed by atoms with Crippen molar-refractivity contribution in [1.29, 1.82) is 0 Å². The SMILES string of the molecule is Cc1cc2cc(O)cc3c2c(n1)C[C@@](C)(Cc1cc2[nH]c(C)cc4cc(=O)cc(o1)c42)O3. The van der Waals surface area contributed by atoms with Gasteiger partial charge < -0.3 is 19.2 Å². The Bertz CT molecular complexity index is 1580. The van der Waals surface area contributed by atoms with Crippen LogP contribution in [-0.2, 0) is 12.8 Å². The molecule has 0 saturated carbocycles. The topological polar surface area (TPSA) is 88.4 Å². The standard InChI is InChI=1S/C26H22N2O4/c1-13-4-15-6-17(29)8-22-24(15)20(27-13)10-19(31-22)11-26(3)12-21-25-16(5-14(2)28-21)7-18(30)9-23(25)32-26/h4-10,27,30H,11-12H2,1-3H3/t26-/m1/s1. The zero-order valence-electron chi connectivity index (χ0n) is 18.1. The highest BCUT2D eigenvalue weighted by Gasteiger charge is 2.35. The summed E-state index contributed by atoms with van der Waals surface area (Å²) in [6.07, 6.45) is 1.08. The lowest BCUT2D eigenvalue weighted by molar-refractivity contribution is 0.0787. The fourth-order valence-electron chi connectivity index (χ4n) is 5.07. The smallest absolute Gasteiger partial charge is 0.182 e. The maximum atomic E-state index is 12.2. The Hall–Kier alpha value is -3.80. The second-order valence-corrected chi connectivity index (χ2v) is 9.12. The van der Waals surface area contributed by atoms with Crippen LogP contribution in [-0.4, -0.2) is 20.7 Å². The maximum absolute atomic E-state index is 12.2. The van der Waals surface area contributed by atoms with Crippen molar-refractivity contribution in [3.63, 3.8) is 0 Å². The summed E-state index contributed by atoms with van der Waals surface area (Å²) in [5.41, 5.74) is 3.59. The first-order valence-corrected chi connectivity index (χ1v) is 10.6. The van der Waals surface area contributed by atoms with Crippen LogP contribution in [0.5, 0.6) is 11.5 Å². The third kappa shape index (κ3) is 2.94. The molecule has 0 aliphatic carbocycles. The van der Waals surface area contributed by atoms with E-state index < -0.39 is 5.60 Å². The van der Waals surface area contributed by atoms with Crippen molar-refractivity contribution < 1.29 is 14.3 Å². The average molecular weight is 426 g/mol. The van der Waals surface area contributed by atoms with Gasteiger partial charge in [0.25, 0.3) is 0 Å². The second kappa shape index (κ2) is 6.36. The van der Waals surface area contributed by atoms with Gasteiger partial charge in [0.05, 0.1) is 11.2 Å². The first kappa shape index (κ1) is 18.9. The van der Waals surface area contributed by atoms with Crippen LogP contribution in [0.2, 0.25) is 0 Å². The lowest BCUT2D eigenvalue weighted by Crippen LogP contribution is -2.40. The molecule has 1 atom stereocenters. The minimum atomic E-state index is -0.629. The zero-order valence-corrected chi connectivity index (χ0v) is 18.1. The average Bonchev–Trinajstić information content (AvgIpc) is 2.65. The van der Waals surface area contributed by atoms with Crippen molar-refractivity contribution in [3.05, 3.63) is 75.5 Å². The molecule has 1 aliphatic rings. The molecule has 5 aromatic rings. The summed E-state index contributed by atoms with van der Waals surface area (Å²) < 4.78 is 12.6. The molecule has 0 amide bonds. The first-order chi connectivity index (χ1) is 15.3. The van der Waals surface area contributed by atoms with Gasteiger partial charge >= 0.3 is 0 Å². The molecule has 0 fully saturated rings. The Morgan fingerprint density at radius 2 is 1.88 bits per heavy atom. The van der Waals surface area contributed by atoms with E-state index in [0.29, 0.717) is 29.9 Å². The van der Waals surface area contributed by atoms with E-state index in [1.165, 1.54) is 6.07 Å².